The molecule has 34 heavy (non-hydrogen) atoms. The van der Waals surface area contributed by atoms with Gasteiger partial charge in [0.05, 0.1) is 11.8 Å². The SMILES string of the molecule is Cc1ccc(N(C(=O)Cn2nnc3ccccc32)C(C(=O)NCCC(C)C)c2ccco2)cc1. The third-order valence-electron chi connectivity index (χ3n) is 5.63. The lowest BCUT2D eigenvalue weighted by molar-refractivity contribution is -0.127. The first kappa shape index (κ1) is 23.2. The maximum Gasteiger partial charge on any atom is 0.251 e. The van der Waals surface area contributed by atoms with Crippen molar-refractivity contribution in [2.75, 3.05) is 11.4 Å². The number of amides is 2. The Morgan fingerprint density at radius 1 is 1.06 bits per heavy atom. The summed E-state index contributed by atoms with van der Waals surface area (Å²) in [6.45, 7) is 6.60. The zero-order valence-corrected chi connectivity index (χ0v) is 19.6. The Morgan fingerprint density at radius 3 is 2.53 bits per heavy atom. The van der Waals surface area contributed by atoms with Crippen molar-refractivity contribution in [3.63, 3.8) is 0 Å². The normalized spacial score (nSPS) is 12.1. The van der Waals surface area contributed by atoms with Crippen LogP contribution in [0.15, 0.2) is 71.3 Å². The summed E-state index contributed by atoms with van der Waals surface area (Å²) < 4.78 is 7.19. The van der Waals surface area contributed by atoms with Gasteiger partial charge in [0.2, 0.25) is 5.91 Å². The number of hydrogen-bond donors (Lipinski definition) is 1. The molecule has 0 aliphatic carbocycles. The van der Waals surface area contributed by atoms with E-state index in [-0.39, 0.29) is 18.4 Å². The van der Waals surface area contributed by atoms with Crippen molar-refractivity contribution >= 4 is 28.5 Å². The predicted octanol–water partition coefficient (Wildman–Crippen LogP) is 4.27. The van der Waals surface area contributed by atoms with Gasteiger partial charge in [-0.05, 0) is 55.7 Å². The molecular weight excluding hydrogens is 430 g/mol. The van der Waals surface area contributed by atoms with Crippen LogP contribution in [0.1, 0.15) is 37.6 Å². The number of nitrogens with one attached hydrogen (secondary N) is 1. The van der Waals surface area contributed by atoms with Gasteiger partial charge in [0.15, 0.2) is 6.04 Å². The van der Waals surface area contributed by atoms with E-state index >= 15 is 0 Å². The van der Waals surface area contributed by atoms with Crippen molar-refractivity contribution in [3.05, 3.63) is 78.3 Å². The molecule has 2 aromatic heterocycles. The van der Waals surface area contributed by atoms with Crippen molar-refractivity contribution in [2.24, 2.45) is 5.92 Å². The summed E-state index contributed by atoms with van der Waals surface area (Å²) >= 11 is 0. The third kappa shape index (κ3) is 5.17. The van der Waals surface area contributed by atoms with Crippen LogP contribution in [0.3, 0.4) is 0 Å². The summed E-state index contributed by atoms with van der Waals surface area (Å²) in [4.78, 5) is 28.7. The highest BCUT2D eigenvalue weighted by atomic mass is 16.3. The molecule has 4 rings (SSSR count). The molecule has 1 N–H and O–H groups in total. The van der Waals surface area contributed by atoms with Crippen LogP contribution in [0, 0.1) is 12.8 Å². The predicted molar refractivity (Wildman–Crippen MR) is 130 cm³/mol. The highest BCUT2D eigenvalue weighted by molar-refractivity contribution is 6.01. The Balaban J connectivity index is 1.71. The first-order valence-electron chi connectivity index (χ1n) is 11.4. The standard InChI is InChI=1S/C26H29N5O3/c1-18(2)14-15-27-26(33)25(23-9-6-16-34-23)31(20-12-10-19(3)11-13-20)24(32)17-30-22-8-5-4-7-21(22)28-29-30/h4-13,16,18,25H,14-15,17H2,1-3H3,(H,27,33). The smallest absolute Gasteiger partial charge is 0.251 e. The van der Waals surface area contributed by atoms with Crippen LogP contribution >= 0.6 is 0 Å². The molecule has 8 nitrogen and oxygen atoms in total. The Hall–Kier alpha value is -3.94. The van der Waals surface area contributed by atoms with E-state index in [0.29, 0.717) is 29.4 Å². The van der Waals surface area contributed by atoms with E-state index < -0.39 is 6.04 Å². The zero-order chi connectivity index (χ0) is 24.1. The summed E-state index contributed by atoms with van der Waals surface area (Å²) in [6.07, 6.45) is 2.34. The quantitative estimate of drug-likeness (QED) is 0.403. The second-order valence-electron chi connectivity index (χ2n) is 8.73. The minimum atomic E-state index is -0.966. The number of nitrogens with zero attached hydrogens (tertiary/aromatic N) is 4. The van der Waals surface area contributed by atoms with E-state index in [1.54, 1.807) is 16.8 Å². The number of hydrogen-bond acceptors (Lipinski definition) is 5. The Kier molecular flexibility index (Phi) is 7.06. The maximum atomic E-state index is 13.8. The van der Waals surface area contributed by atoms with Gasteiger partial charge in [0.25, 0.3) is 5.91 Å². The number of para-hydroxylation sites is 1. The molecule has 2 amide bonds. The summed E-state index contributed by atoms with van der Waals surface area (Å²) in [6, 6.07) is 17.4. The fourth-order valence-electron chi connectivity index (χ4n) is 3.78. The molecule has 8 heteroatoms. The number of anilines is 1. The monoisotopic (exact) mass is 459 g/mol. The molecule has 2 heterocycles. The highest BCUT2D eigenvalue weighted by Gasteiger charge is 2.35. The van der Waals surface area contributed by atoms with E-state index in [9.17, 15) is 9.59 Å². The molecule has 1 atom stereocenters. The van der Waals surface area contributed by atoms with Gasteiger partial charge in [-0.3, -0.25) is 14.5 Å². The van der Waals surface area contributed by atoms with Crippen LogP contribution in [0.2, 0.25) is 0 Å². The number of carbonyl (C=O) groups is 2. The van der Waals surface area contributed by atoms with E-state index in [2.05, 4.69) is 29.5 Å². The number of carbonyl (C=O) groups excluding carboxylic acids is 2. The molecule has 0 fully saturated rings. The van der Waals surface area contributed by atoms with Gasteiger partial charge < -0.3 is 9.73 Å². The van der Waals surface area contributed by atoms with Crippen LogP contribution in [0.5, 0.6) is 0 Å². The van der Waals surface area contributed by atoms with Crippen LogP contribution < -0.4 is 10.2 Å². The van der Waals surface area contributed by atoms with Crippen molar-refractivity contribution in [2.45, 2.75) is 39.8 Å². The molecule has 0 saturated carbocycles. The minimum absolute atomic E-state index is 0.0785. The van der Waals surface area contributed by atoms with Crippen molar-refractivity contribution in [1.82, 2.24) is 20.3 Å². The van der Waals surface area contributed by atoms with Gasteiger partial charge in [-0.1, -0.05) is 48.9 Å². The second-order valence-corrected chi connectivity index (χ2v) is 8.73. The minimum Gasteiger partial charge on any atom is -0.467 e. The number of aryl methyl sites for hydroxylation is 1. The largest absolute Gasteiger partial charge is 0.467 e. The molecule has 0 bridgehead atoms. The molecule has 0 aliphatic heterocycles. The lowest BCUT2D eigenvalue weighted by Crippen LogP contribution is -2.45. The fourth-order valence-corrected chi connectivity index (χ4v) is 3.78. The molecular formula is C26H29N5O3. The molecule has 0 radical (unpaired) electrons. The molecule has 0 saturated heterocycles. The first-order valence-corrected chi connectivity index (χ1v) is 11.4. The topological polar surface area (TPSA) is 93.3 Å². The van der Waals surface area contributed by atoms with Gasteiger partial charge >= 0.3 is 0 Å². The van der Waals surface area contributed by atoms with E-state index in [0.717, 1.165) is 17.5 Å². The third-order valence-corrected chi connectivity index (χ3v) is 5.63. The number of aromatic nitrogens is 3. The highest BCUT2D eigenvalue weighted by Crippen LogP contribution is 2.29. The Labute approximate surface area is 198 Å². The van der Waals surface area contributed by atoms with Gasteiger partial charge in [0, 0.05) is 12.2 Å². The van der Waals surface area contributed by atoms with Crippen molar-refractivity contribution < 1.29 is 14.0 Å². The van der Waals surface area contributed by atoms with Gasteiger partial charge in [0.1, 0.15) is 17.8 Å². The second kappa shape index (κ2) is 10.3. The van der Waals surface area contributed by atoms with Gasteiger partial charge in [-0.25, -0.2) is 4.68 Å². The fraction of sp³-hybridized carbons (Fsp3) is 0.308. The molecule has 1 unspecified atom stereocenters. The number of benzene rings is 2. The Bertz CT molecular complexity index is 1250. The summed E-state index contributed by atoms with van der Waals surface area (Å²) in [7, 11) is 0. The van der Waals surface area contributed by atoms with Crippen LogP contribution in [-0.2, 0) is 16.1 Å². The maximum absolute atomic E-state index is 13.8. The number of rotatable bonds is 9. The van der Waals surface area contributed by atoms with E-state index in [1.807, 2.05) is 55.5 Å². The zero-order valence-electron chi connectivity index (χ0n) is 19.6. The Morgan fingerprint density at radius 2 is 1.82 bits per heavy atom. The summed E-state index contributed by atoms with van der Waals surface area (Å²) in [5.41, 5.74) is 3.09. The lowest BCUT2D eigenvalue weighted by atomic mass is 10.1. The van der Waals surface area contributed by atoms with Crippen molar-refractivity contribution in [1.29, 1.82) is 0 Å². The summed E-state index contributed by atoms with van der Waals surface area (Å²) in [5.74, 6) is 0.227. The van der Waals surface area contributed by atoms with Gasteiger partial charge in [-0.2, -0.15) is 0 Å². The van der Waals surface area contributed by atoms with Crippen LogP contribution in [-0.4, -0.2) is 33.4 Å². The molecule has 0 spiro atoms. The number of furan rings is 1. The van der Waals surface area contributed by atoms with Gasteiger partial charge in [-0.15, -0.1) is 5.10 Å². The lowest BCUT2D eigenvalue weighted by Gasteiger charge is -2.30. The van der Waals surface area contributed by atoms with Crippen molar-refractivity contribution in [3.8, 4) is 0 Å². The van der Waals surface area contributed by atoms with Crippen LogP contribution in [0.4, 0.5) is 5.69 Å². The average molecular weight is 460 g/mol. The summed E-state index contributed by atoms with van der Waals surface area (Å²) in [5, 5.41) is 11.3. The van der Waals surface area contributed by atoms with E-state index in [1.165, 1.54) is 11.2 Å². The van der Waals surface area contributed by atoms with E-state index in [4.69, 9.17) is 4.42 Å². The number of fused-ring (bicyclic) bond motifs is 1. The molecule has 176 valence electrons. The average Bonchev–Trinajstić information content (AvgIpc) is 3.48. The molecule has 2 aromatic carbocycles. The van der Waals surface area contributed by atoms with Crippen LogP contribution in [0.25, 0.3) is 11.0 Å². The first-order chi connectivity index (χ1) is 16.4. The molecule has 4 aromatic rings. The molecule has 0 aliphatic rings.